The highest BCUT2D eigenvalue weighted by molar-refractivity contribution is 6.32. The molecule has 0 fully saturated rings. The molecule has 0 bridgehead atoms. The van der Waals surface area contributed by atoms with E-state index in [9.17, 15) is 4.79 Å². The standard InChI is InChI=1S/C9H12Cl2N4O/c1-9(2,4-12)7(16)14-6-3-5(10)13-8(11)15-6/h3H,4,12H2,1-2H3,(H,13,14,15,16). The largest absolute Gasteiger partial charge is 0.329 e. The van der Waals surface area contributed by atoms with Crippen LogP contribution in [0.2, 0.25) is 10.4 Å². The third-order valence-corrected chi connectivity index (χ3v) is 2.40. The van der Waals surface area contributed by atoms with Crippen molar-refractivity contribution in [3.63, 3.8) is 0 Å². The lowest BCUT2D eigenvalue weighted by Gasteiger charge is -2.20. The van der Waals surface area contributed by atoms with Crippen LogP contribution in [0.3, 0.4) is 0 Å². The van der Waals surface area contributed by atoms with E-state index in [1.165, 1.54) is 6.07 Å². The van der Waals surface area contributed by atoms with Gasteiger partial charge in [0.15, 0.2) is 0 Å². The molecule has 3 N–H and O–H groups in total. The third-order valence-electron chi connectivity index (χ3n) is 2.03. The number of amides is 1. The number of carbonyl (C=O) groups is 1. The van der Waals surface area contributed by atoms with Gasteiger partial charge in [-0.15, -0.1) is 0 Å². The Hall–Kier alpha value is -0.910. The number of nitrogens with two attached hydrogens (primary N) is 1. The Morgan fingerprint density at radius 3 is 2.62 bits per heavy atom. The van der Waals surface area contributed by atoms with Crippen molar-refractivity contribution < 1.29 is 4.79 Å². The van der Waals surface area contributed by atoms with E-state index >= 15 is 0 Å². The van der Waals surface area contributed by atoms with Gasteiger partial charge in [0.2, 0.25) is 11.2 Å². The van der Waals surface area contributed by atoms with Crippen molar-refractivity contribution in [1.29, 1.82) is 0 Å². The zero-order chi connectivity index (χ0) is 12.3. The molecule has 0 saturated heterocycles. The van der Waals surface area contributed by atoms with Crippen LogP contribution < -0.4 is 11.1 Å². The number of anilines is 1. The van der Waals surface area contributed by atoms with Crippen molar-refractivity contribution in [2.75, 3.05) is 11.9 Å². The number of nitrogens with zero attached hydrogens (tertiary/aromatic N) is 2. The zero-order valence-electron chi connectivity index (χ0n) is 8.92. The topological polar surface area (TPSA) is 80.9 Å². The Bertz CT molecular complexity index is 388. The van der Waals surface area contributed by atoms with Crippen LogP contribution >= 0.6 is 23.2 Å². The molecule has 0 atom stereocenters. The summed E-state index contributed by atoms with van der Waals surface area (Å²) in [6.07, 6.45) is 0. The number of nitrogens with one attached hydrogen (secondary N) is 1. The van der Waals surface area contributed by atoms with Crippen LogP contribution in [0.5, 0.6) is 0 Å². The van der Waals surface area contributed by atoms with Crippen molar-refractivity contribution in [3.05, 3.63) is 16.5 Å². The average molecular weight is 263 g/mol. The van der Waals surface area contributed by atoms with Gasteiger partial charge < -0.3 is 11.1 Å². The predicted molar refractivity (Wildman–Crippen MR) is 63.5 cm³/mol. The van der Waals surface area contributed by atoms with Crippen molar-refractivity contribution >= 4 is 34.9 Å². The van der Waals surface area contributed by atoms with Gasteiger partial charge in [0.05, 0.1) is 5.41 Å². The Kier molecular flexibility index (Phi) is 4.07. The van der Waals surface area contributed by atoms with Crippen molar-refractivity contribution in [2.24, 2.45) is 11.1 Å². The van der Waals surface area contributed by atoms with E-state index in [0.717, 1.165) is 0 Å². The van der Waals surface area contributed by atoms with E-state index in [1.807, 2.05) is 0 Å². The minimum absolute atomic E-state index is 0.0200. The van der Waals surface area contributed by atoms with Crippen molar-refractivity contribution in [1.82, 2.24) is 9.97 Å². The van der Waals surface area contributed by atoms with Crippen molar-refractivity contribution in [2.45, 2.75) is 13.8 Å². The minimum Gasteiger partial charge on any atom is -0.329 e. The van der Waals surface area contributed by atoms with Crippen LogP contribution in [0.1, 0.15) is 13.8 Å². The molecular formula is C9H12Cl2N4O. The van der Waals surface area contributed by atoms with Gasteiger partial charge in [0, 0.05) is 12.6 Å². The normalized spacial score (nSPS) is 11.3. The first-order valence-corrected chi connectivity index (χ1v) is 5.32. The fraction of sp³-hybridized carbons (Fsp3) is 0.444. The molecule has 1 aromatic heterocycles. The second-order valence-corrected chi connectivity index (χ2v) is 4.61. The molecule has 0 aliphatic carbocycles. The first kappa shape index (κ1) is 13.2. The van der Waals surface area contributed by atoms with Crippen LogP contribution in [-0.2, 0) is 4.79 Å². The summed E-state index contributed by atoms with van der Waals surface area (Å²) in [4.78, 5) is 19.2. The maximum atomic E-state index is 11.8. The average Bonchev–Trinajstić information content (AvgIpc) is 2.15. The number of hydrogen-bond donors (Lipinski definition) is 2. The Morgan fingerprint density at radius 1 is 1.50 bits per heavy atom. The molecule has 1 rings (SSSR count). The van der Waals surface area contributed by atoms with Crippen LogP contribution in [0.4, 0.5) is 5.82 Å². The highest BCUT2D eigenvalue weighted by atomic mass is 35.5. The summed E-state index contributed by atoms with van der Waals surface area (Å²) >= 11 is 11.3. The number of rotatable bonds is 3. The highest BCUT2D eigenvalue weighted by Crippen LogP contribution is 2.18. The molecule has 1 aromatic rings. The molecular weight excluding hydrogens is 251 g/mol. The molecule has 0 aliphatic heterocycles. The summed E-state index contributed by atoms with van der Waals surface area (Å²) in [5.74, 6) is 0.0114. The van der Waals surface area contributed by atoms with Gasteiger partial charge in [-0.3, -0.25) is 4.79 Å². The SMILES string of the molecule is CC(C)(CN)C(=O)Nc1cc(Cl)nc(Cl)n1. The van der Waals surface area contributed by atoms with E-state index < -0.39 is 5.41 Å². The van der Waals surface area contributed by atoms with E-state index in [0.29, 0.717) is 0 Å². The maximum absolute atomic E-state index is 11.8. The molecule has 1 amide bonds. The molecule has 0 unspecified atom stereocenters. The third kappa shape index (κ3) is 3.30. The summed E-state index contributed by atoms with van der Waals surface area (Å²) in [5.41, 5.74) is 4.80. The Morgan fingerprint density at radius 2 is 2.12 bits per heavy atom. The van der Waals surface area contributed by atoms with E-state index in [2.05, 4.69) is 15.3 Å². The molecule has 1 heterocycles. The second-order valence-electron chi connectivity index (χ2n) is 3.89. The van der Waals surface area contributed by atoms with Gasteiger partial charge in [-0.05, 0) is 25.4 Å². The van der Waals surface area contributed by atoms with Gasteiger partial charge in [0.25, 0.3) is 0 Å². The fourth-order valence-electron chi connectivity index (χ4n) is 0.832. The summed E-state index contributed by atoms with van der Waals surface area (Å²) in [5, 5.41) is 2.72. The lowest BCUT2D eigenvalue weighted by atomic mass is 9.93. The summed E-state index contributed by atoms with van der Waals surface area (Å²) in [7, 11) is 0. The number of hydrogen-bond acceptors (Lipinski definition) is 4. The summed E-state index contributed by atoms with van der Waals surface area (Å²) in [6.45, 7) is 3.69. The van der Waals surface area contributed by atoms with Crippen LogP contribution in [-0.4, -0.2) is 22.4 Å². The predicted octanol–water partition coefficient (Wildman–Crippen LogP) is 1.71. The molecule has 7 heteroatoms. The number of carbonyl (C=O) groups excluding carboxylic acids is 1. The molecule has 0 aliphatic rings. The molecule has 0 spiro atoms. The van der Waals surface area contributed by atoms with Crippen LogP contribution in [0.25, 0.3) is 0 Å². The lowest BCUT2D eigenvalue weighted by Crippen LogP contribution is -2.37. The van der Waals surface area contributed by atoms with Crippen LogP contribution in [0.15, 0.2) is 6.07 Å². The van der Waals surface area contributed by atoms with Gasteiger partial charge >= 0.3 is 0 Å². The smallest absolute Gasteiger partial charge is 0.232 e. The maximum Gasteiger partial charge on any atom is 0.232 e. The Balaban J connectivity index is 2.85. The number of aromatic nitrogens is 2. The number of halogens is 2. The van der Waals surface area contributed by atoms with E-state index in [-0.39, 0.29) is 28.7 Å². The molecule has 0 saturated carbocycles. The Labute approximate surface area is 103 Å². The van der Waals surface area contributed by atoms with Crippen molar-refractivity contribution in [3.8, 4) is 0 Å². The summed E-state index contributed by atoms with van der Waals surface area (Å²) < 4.78 is 0. The minimum atomic E-state index is -0.677. The first-order valence-electron chi connectivity index (χ1n) is 4.57. The molecule has 5 nitrogen and oxygen atoms in total. The molecule has 88 valence electrons. The van der Waals surface area contributed by atoms with E-state index in [4.69, 9.17) is 28.9 Å². The van der Waals surface area contributed by atoms with Gasteiger partial charge in [-0.1, -0.05) is 11.6 Å². The van der Waals surface area contributed by atoms with Crippen LogP contribution in [0, 0.1) is 5.41 Å². The molecule has 0 radical (unpaired) electrons. The zero-order valence-corrected chi connectivity index (χ0v) is 10.4. The first-order chi connectivity index (χ1) is 7.35. The fourth-order valence-corrected chi connectivity index (χ4v) is 1.24. The lowest BCUT2D eigenvalue weighted by molar-refractivity contribution is -0.123. The second kappa shape index (κ2) is 4.95. The summed E-state index contributed by atoms with van der Waals surface area (Å²) in [6, 6.07) is 1.41. The van der Waals surface area contributed by atoms with Gasteiger partial charge in [-0.2, -0.15) is 0 Å². The van der Waals surface area contributed by atoms with Gasteiger partial charge in [-0.25, -0.2) is 9.97 Å². The molecule has 16 heavy (non-hydrogen) atoms. The van der Waals surface area contributed by atoms with E-state index in [1.54, 1.807) is 13.8 Å². The molecule has 0 aromatic carbocycles. The quantitative estimate of drug-likeness (QED) is 0.642. The monoisotopic (exact) mass is 262 g/mol. The highest BCUT2D eigenvalue weighted by Gasteiger charge is 2.26. The van der Waals surface area contributed by atoms with Gasteiger partial charge in [0.1, 0.15) is 11.0 Å².